The maximum absolute atomic E-state index is 13.5. The lowest BCUT2D eigenvalue weighted by molar-refractivity contribution is 0.0682. The average molecular weight is 312 g/mol. The maximum atomic E-state index is 13.5. The standard InChI is InChI=1S/C16H13FN4O2/c17-12-3-4-16(23-10-13-2-1-5-22-13)14(6-12)21-15(9-20)11(7-18)8-19/h3-4,6,13,21H,1-2,5,10H2. The Morgan fingerprint density at radius 1 is 1.30 bits per heavy atom. The number of nitrogens with zero attached hydrogens (tertiary/aromatic N) is 3. The van der Waals surface area contributed by atoms with Gasteiger partial charge >= 0.3 is 0 Å². The lowest BCUT2D eigenvalue weighted by atomic mass is 10.2. The van der Waals surface area contributed by atoms with Crippen LogP contribution in [0, 0.1) is 39.8 Å². The molecule has 2 rings (SSSR count). The van der Waals surface area contributed by atoms with Crippen molar-refractivity contribution >= 4 is 5.69 Å². The Morgan fingerprint density at radius 2 is 2.09 bits per heavy atom. The monoisotopic (exact) mass is 312 g/mol. The molecule has 0 aliphatic carbocycles. The van der Waals surface area contributed by atoms with E-state index in [-0.39, 0.29) is 23.1 Å². The van der Waals surface area contributed by atoms with Gasteiger partial charge in [0.25, 0.3) is 0 Å². The van der Waals surface area contributed by atoms with Crippen LogP contribution in [0.15, 0.2) is 29.5 Å². The molecule has 6 nitrogen and oxygen atoms in total. The van der Waals surface area contributed by atoms with Crippen molar-refractivity contribution < 1.29 is 13.9 Å². The van der Waals surface area contributed by atoms with E-state index in [4.69, 9.17) is 25.3 Å². The van der Waals surface area contributed by atoms with Crippen molar-refractivity contribution in [3.05, 3.63) is 35.3 Å². The number of hydrogen-bond acceptors (Lipinski definition) is 6. The summed E-state index contributed by atoms with van der Waals surface area (Å²) < 4.78 is 24.5. The number of anilines is 1. The first-order chi connectivity index (χ1) is 11.2. The van der Waals surface area contributed by atoms with Gasteiger partial charge in [0, 0.05) is 12.7 Å². The van der Waals surface area contributed by atoms with E-state index in [1.54, 1.807) is 18.2 Å². The fraction of sp³-hybridized carbons (Fsp3) is 0.312. The molecule has 1 aromatic rings. The van der Waals surface area contributed by atoms with Crippen molar-refractivity contribution in [1.82, 2.24) is 0 Å². The second-order valence-corrected chi connectivity index (χ2v) is 4.80. The molecule has 1 N–H and O–H groups in total. The van der Waals surface area contributed by atoms with Crippen molar-refractivity contribution in [3.63, 3.8) is 0 Å². The number of ether oxygens (including phenoxy) is 2. The molecule has 1 aromatic carbocycles. The van der Waals surface area contributed by atoms with Crippen molar-refractivity contribution in [3.8, 4) is 24.0 Å². The van der Waals surface area contributed by atoms with Crippen LogP contribution in [-0.4, -0.2) is 19.3 Å². The van der Waals surface area contributed by atoms with Gasteiger partial charge in [-0.2, -0.15) is 15.8 Å². The fourth-order valence-corrected chi connectivity index (χ4v) is 2.10. The minimum atomic E-state index is -0.537. The molecule has 0 aromatic heterocycles. The summed E-state index contributed by atoms with van der Waals surface area (Å²) >= 11 is 0. The first-order valence-electron chi connectivity index (χ1n) is 6.93. The van der Waals surface area contributed by atoms with Crippen LogP contribution in [0.5, 0.6) is 5.75 Å². The Kier molecular flexibility index (Phi) is 5.52. The molecule has 0 bridgehead atoms. The largest absolute Gasteiger partial charge is 0.489 e. The van der Waals surface area contributed by atoms with E-state index in [1.807, 2.05) is 0 Å². The van der Waals surface area contributed by atoms with Gasteiger partial charge in [-0.3, -0.25) is 0 Å². The van der Waals surface area contributed by atoms with Crippen LogP contribution in [0.2, 0.25) is 0 Å². The topological polar surface area (TPSA) is 102 Å². The summed E-state index contributed by atoms with van der Waals surface area (Å²) in [6, 6.07) is 8.72. The number of nitrogens with one attached hydrogen (secondary N) is 1. The molecule has 1 fully saturated rings. The van der Waals surface area contributed by atoms with Gasteiger partial charge < -0.3 is 14.8 Å². The van der Waals surface area contributed by atoms with E-state index in [0.717, 1.165) is 18.9 Å². The lowest BCUT2D eigenvalue weighted by Gasteiger charge is -2.15. The van der Waals surface area contributed by atoms with E-state index in [9.17, 15) is 4.39 Å². The normalized spacial score (nSPS) is 15.8. The van der Waals surface area contributed by atoms with Gasteiger partial charge in [0.1, 0.15) is 42.1 Å². The predicted octanol–water partition coefficient (Wildman–Crippen LogP) is 2.62. The van der Waals surface area contributed by atoms with Crippen LogP contribution in [0.1, 0.15) is 12.8 Å². The van der Waals surface area contributed by atoms with Crippen LogP contribution in [0.4, 0.5) is 10.1 Å². The van der Waals surface area contributed by atoms with Gasteiger partial charge in [-0.1, -0.05) is 0 Å². The number of halogens is 1. The molecular formula is C16H13FN4O2. The zero-order valence-corrected chi connectivity index (χ0v) is 12.2. The molecule has 1 unspecified atom stereocenters. The molecule has 7 heteroatoms. The molecule has 23 heavy (non-hydrogen) atoms. The molecule has 0 saturated carbocycles. The van der Waals surface area contributed by atoms with Crippen LogP contribution >= 0.6 is 0 Å². The van der Waals surface area contributed by atoms with E-state index in [2.05, 4.69) is 5.32 Å². The molecule has 1 saturated heterocycles. The second-order valence-electron chi connectivity index (χ2n) is 4.80. The highest BCUT2D eigenvalue weighted by Gasteiger charge is 2.17. The molecule has 0 radical (unpaired) electrons. The Morgan fingerprint density at radius 3 is 2.70 bits per heavy atom. The summed E-state index contributed by atoms with van der Waals surface area (Å²) in [6.07, 6.45) is 1.84. The minimum Gasteiger partial charge on any atom is -0.489 e. The SMILES string of the molecule is N#CC(C#N)=C(C#N)Nc1cc(F)ccc1OCC1CCCO1. The summed E-state index contributed by atoms with van der Waals surface area (Å²) in [5, 5.41) is 29.3. The number of rotatable bonds is 5. The van der Waals surface area contributed by atoms with Crippen LogP contribution in [0.3, 0.4) is 0 Å². The zero-order valence-electron chi connectivity index (χ0n) is 12.2. The highest BCUT2D eigenvalue weighted by molar-refractivity contribution is 5.64. The fourth-order valence-electron chi connectivity index (χ4n) is 2.10. The highest BCUT2D eigenvalue weighted by Crippen LogP contribution is 2.28. The molecular weight excluding hydrogens is 299 g/mol. The molecule has 1 aliphatic rings. The number of allylic oxidation sites excluding steroid dienone is 2. The molecule has 1 atom stereocenters. The Bertz CT molecular complexity index is 718. The van der Waals surface area contributed by atoms with Gasteiger partial charge in [0.2, 0.25) is 0 Å². The molecule has 1 aliphatic heterocycles. The highest BCUT2D eigenvalue weighted by atomic mass is 19.1. The number of nitriles is 3. The summed E-state index contributed by atoms with van der Waals surface area (Å²) in [6.45, 7) is 0.993. The minimum absolute atomic E-state index is 0.0207. The summed E-state index contributed by atoms with van der Waals surface area (Å²) in [7, 11) is 0. The average Bonchev–Trinajstić information content (AvgIpc) is 3.07. The van der Waals surface area contributed by atoms with E-state index < -0.39 is 5.82 Å². The summed E-state index contributed by atoms with van der Waals surface area (Å²) in [5.41, 5.74) is -0.480. The third-order valence-electron chi connectivity index (χ3n) is 3.24. The molecule has 116 valence electrons. The first-order valence-corrected chi connectivity index (χ1v) is 6.93. The van der Waals surface area contributed by atoms with Crippen LogP contribution in [0.25, 0.3) is 0 Å². The van der Waals surface area contributed by atoms with Crippen LogP contribution < -0.4 is 10.1 Å². The molecule has 1 heterocycles. The van der Waals surface area contributed by atoms with E-state index in [0.29, 0.717) is 19.0 Å². The maximum Gasteiger partial charge on any atom is 0.163 e. The quantitative estimate of drug-likeness (QED) is 0.838. The first kappa shape index (κ1) is 16.3. The lowest BCUT2D eigenvalue weighted by Crippen LogP contribution is -2.17. The summed E-state index contributed by atoms with van der Waals surface area (Å²) in [4.78, 5) is 0. The van der Waals surface area contributed by atoms with Crippen molar-refractivity contribution in [2.75, 3.05) is 18.5 Å². The number of hydrogen-bond donors (Lipinski definition) is 1. The number of benzene rings is 1. The Labute approximate surface area is 133 Å². The van der Waals surface area contributed by atoms with E-state index in [1.165, 1.54) is 12.1 Å². The van der Waals surface area contributed by atoms with Gasteiger partial charge in [0.05, 0.1) is 11.8 Å². The second kappa shape index (κ2) is 7.79. The predicted molar refractivity (Wildman–Crippen MR) is 78.4 cm³/mol. The van der Waals surface area contributed by atoms with Gasteiger partial charge in [-0.05, 0) is 25.0 Å². The van der Waals surface area contributed by atoms with Crippen molar-refractivity contribution in [2.24, 2.45) is 0 Å². The zero-order chi connectivity index (χ0) is 16.7. The molecule has 0 spiro atoms. The van der Waals surface area contributed by atoms with Crippen LogP contribution in [-0.2, 0) is 4.74 Å². The van der Waals surface area contributed by atoms with Gasteiger partial charge in [-0.25, -0.2) is 4.39 Å². The third kappa shape index (κ3) is 4.20. The Hall–Kier alpha value is -3.08. The smallest absolute Gasteiger partial charge is 0.163 e. The van der Waals surface area contributed by atoms with Gasteiger partial charge in [-0.15, -0.1) is 0 Å². The molecule has 0 amide bonds. The van der Waals surface area contributed by atoms with Crippen molar-refractivity contribution in [1.29, 1.82) is 15.8 Å². The van der Waals surface area contributed by atoms with Crippen molar-refractivity contribution in [2.45, 2.75) is 18.9 Å². The Balaban J connectivity index is 2.22. The van der Waals surface area contributed by atoms with Gasteiger partial charge in [0.15, 0.2) is 5.57 Å². The third-order valence-corrected chi connectivity index (χ3v) is 3.24. The summed E-state index contributed by atoms with van der Waals surface area (Å²) in [5.74, 6) is -0.227. The van der Waals surface area contributed by atoms with E-state index >= 15 is 0 Å².